The molecule has 106 valence electrons. The number of nitrogens with one attached hydrogen (secondary N) is 1. The number of carbonyl (C=O) groups is 1. The number of thiophene rings is 1. The van der Waals surface area contributed by atoms with Gasteiger partial charge >= 0.3 is 5.97 Å². The summed E-state index contributed by atoms with van der Waals surface area (Å²) in [7, 11) is 0. The van der Waals surface area contributed by atoms with E-state index >= 15 is 0 Å². The van der Waals surface area contributed by atoms with Gasteiger partial charge < -0.3 is 5.11 Å². The van der Waals surface area contributed by atoms with Gasteiger partial charge in [-0.3, -0.25) is 4.79 Å². The van der Waals surface area contributed by atoms with Gasteiger partial charge in [0.25, 0.3) is 5.56 Å². The molecule has 0 radical (unpaired) electrons. The summed E-state index contributed by atoms with van der Waals surface area (Å²) in [6, 6.07) is 8.51. The van der Waals surface area contributed by atoms with Gasteiger partial charge in [-0.2, -0.15) is 5.10 Å². The highest BCUT2D eigenvalue weighted by atomic mass is 32.1. The molecule has 0 amide bonds. The molecule has 2 heterocycles. The van der Waals surface area contributed by atoms with Gasteiger partial charge in [0, 0.05) is 10.3 Å². The van der Waals surface area contributed by atoms with Crippen molar-refractivity contribution < 1.29 is 9.90 Å². The van der Waals surface area contributed by atoms with Crippen LogP contribution in [0.5, 0.6) is 0 Å². The molecule has 21 heavy (non-hydrogen) atoms. The zero-order chi connectivity index (χ0) is 15.0. The van der Waals surface area contributed by atoms with Gasteiger partial charge in [0.15, 0.2) is 0 Å². The molecular weight excluding hydrogens is 288 g/mol. The summed E-state index contributed by atoms with van der Waals surface area (Å²) in [5, 5.41) is 16.6. The number of carboxylic acid groups (broad SMARTS) is 1. The summed E-state index contributed by atoms with van der Waals surface area (Å²) >= 11 is 1.62. The van der Waals surface area contributed by atoms with Crippen LogP contribution in [-0.4, -0.2) is 21.3 Å². The topological polar surface area (TPSA) is 83.0 Å². The second kappa shape index (κ2) is 5.14. The number of aromatic amines is 1. The minimum atomic E-state index is -1.06. The Labute approximate surface area is 123 Å². The molecule has 0 aliphatic carbocycles. The van der Waals surface area contributed by atoms with Crippen molar-refractivity contribution in [2.45, 2.75) is 13.3 Å². The minimum Gasteiger partial charge on any atom is -0.478 e. The van der Waals surface area contributed by atoms with Crippen molar-refractivity contribution in [1.82, 2.24) is 10.2 Å². The number of benzene rings is 1. The Kier molecular flexibility index (Phi) is 3.31. The second-order valence-corrected chi connectivity index (χ2v) is 5.75. The lowest BCUT2D eigenvalue weighted by atomic mass is 10.1. The predicted molar refractivity (Wildman–Crippen MR) is 82.0 cm³/mol. The van der Waals surface area contributed by atoms with Gasteiger partial charge in [-0.25, -0.2) is 9.89 Å². The molecule has 0 aliphatic rings. The highest BCUT2D eigenvalue weighted by Gasteiger charge is 2.13. The molecule has 1 aromatic carbocycles. The fourth-order valence-electron chi connectivity index (χ4n) is 2.18. The smallest absolute Gasteiger partial charge is 0.335 e. The number of rotatable bonds is 3. The molecule has 0 saturated heterocycles. The maximum atomic E-state index is 11.9. The number of hydrogen-bond donors (Lipinski definition) is 2. The third-order valence-electron chi connectivity index (χ3n) is 3.28. The van der Waals surface area contributed by atoms with E-state index in [1.807, 2.05) is 12.1 Å². The minimum absolute atomic E-state index is 0.0885. The average Bonchev–Trinajstić information content (AvgIpc) is 2.96. The molecule has 2 aromatic heterocycles. The summed E-state index contributed by atoms with van der Waals surface area (Å²) in [5.41, 5.74) is 0.376. The SMILES string of the molecule is CCc1ccc(-c2n[nH]c(=O)c3cc(C(=O)O)ccc23)s1. The highest BCUT2D eigenvalue weighted by molar-refractivity contribution is 7.15. The third kappa shape index (κ3) is 2.34. The van der Waals surface area contributed by atoms with Crippen LogP contribution in [-0.2, 0) is 6.42 Å². The van der Waals surface area contributed by atoms with Crippen LogP contribution in [0.15, 0.2) is 35.1 Å². The Morgan fingerprint density at radius 3 is 2.76 bits per heavy atom. The first-order valence-corrected chi connectivity index (χ1v) is 7.26. The van der Waals surface area contributed by atoms with E-state index in [9.17, 15) is 9.59 Å². The van der Waals surface area contributed by atoms with Crippen LogP contribution in [0.25, 0.3) is 21.3 Å². The van der Waals surface area contributed by atoms with Gasteiger partial charge in [-0.15, -0.1) is 11.3 Å². The van der Waals surface area contributed by atoms with E-state index in [1.165, 1.54) is 17.0 Å². The Balaban J connectivity index is 2.27. The van der Waals surface area contributed by atoms with Gasteiger partial charge in [0.2, 0.25) is 0 Å². The number of aromatic carboxylic acids is 1. The normalized spacial score (nSPS) is 10.9. The van der Waals surface area contributed by atoms with Crippen molar-refractivity contribution in [3.05, 3.63) is 51.1 Å². The molecule has 5 nitrogen and oxygen atoms in total. The fraction of sp³-hybridized carbons (Fsp3) is 0.133. The van der Waals surface area contributed by atoms with E-state index in [0.717, 1.165) is 11.3 Å². The molecule has 3 aromatic rings. The van der Waals surface area contributed by atoms with E-state index in [2.05, 4.69) is 17.1 Å². The van der Waals surface area contributed by atoms with E-state index in [4.69, 9.17) is 5.11 Å². The van der Waals surface area contributed by atoms with E-state index in [1.54, 1.807) is 17.4 Å². The Morgan fingerprint density at radius 2 is 2.10 bits per heavy atom. The maximum absolute atomic E-state index is 11.9. The number of aromatic nitrogens is 2. The summed E-state index contributed by atoms with van der Waals surface area (Å²) in [6.07, 6.45) is 0.940. The lowest BCUT2D eigenvalue weighted by Gasteiger charge is -2.04. The Morgan fingerprint density at radius 1 is 1.29 bits per heavy atom. The molecule has 0 unspecified atom stereocenters. The molecule has 6 heteroatoms. The Bertz CT molecular complexity index is 895. The molecule has 0 saturated carbocycles. The number of aryl methyl sites for hydroxylation is 1. The number of H-pyrrole nitrogens is 1. The number of hydrogen-bond acceptors (Lipinski definition) is 4. The van der Waals surface area contributed by atoms with Crippen molar-refractivity contribution in [3.8, 4) is 10.6 Å². The van der Waals surface area contributed by atoms with Crippen LogP contribution >= 0.6 is 11.3 Å². The monoisotopic (exact) mass is 300 g/mol. The van der Waals surface area contributed by atoms with Gasteiger partial charge in [-0.1, -0.05) is 13.0 Å². The molecular formula is C15H12N2O3S. The fourth-order valence-corrected chi connectivity index (χ4v) is 3.13. The van der Waals surface area contributed by atoms with Crippen LogP contribution in [0, 0.1) is 0 Å². The van der Waals surface area contributed by atoms with E-state index in [0.29, 0.717) is 16.5 Å². The van der Waals surface area contributed by atoms with Crippen molar-refractivity contribution in [2.75, 3.05) is 0 Å². The van der Waals surface area contributed by atoms with Crippen molar-refractivity contribution in [3.63, 3.8) is 0 Å². The van der Waals surface area contributed by atoms with Crippen LogP contribution in [0.4, 0.5) is 0 Å². The molecule has 0 aliphatic heterocycles. The first-order valence-electron chi connectivity index (χ1n) is 6.45. The van der Waals surface area contributed by atoms with E-state index in [-0.39, 0.29) is 11.1 Å². The average molecular weight is 300 g/mol. The van der Waals surface area contributed by atoms with Gasteiger partial charge in [-0.05, 0) is 30.7 Å². The molecule has 3 rings (SSSR count). The van der Waals surface area contributed by atoms with Crippen LogP contribution < -0.4 is 5.56 Å². The van der Waals surface area contributed by atoms with Crippen molar-refractivity contribution >= 4 is 28.1 Å². The molecule has 0 bridgehead atoms. The highest BCUT2D eigenvalue weighted by Crippen LogP contribution is 2.31. The van der Waals surface area contributed by atoms with Gasteiger partial charge in [0.05, 0.1) is 15.8 Å². The summed E-state index contributed by atoms with van der Waals surface area (Å²) < 4.78 is 0. The maximum Gasteiger partial charge on any atom is 0.335 e. The number of carboxylic acids is 1. The Hall–Kier alpha value is -2.47. The molecule has 0 atom stereocenters. The lowest BCUT2D eigenvalue weighted by Crippen LogP contribution is -2.10. The molecule has 0 fully saturated rings. The van der Waals surface area contributed by atoms with Crippen LogP contribution in [0.2, 0.25) is 0 Å². The zero-order valence-electron chi connectivity index (χ0n) is 11.2. The molecule has 0 spiro atoms. The van der Waals surface area contributed by atoms with Gasteiger partial charge in [0.1, 0.15) is 5.69 Å². The van der Waals surface area contributed by atoms with Crippen LogP contribution in [0.1, 0.15) is 22.2 Å². The summed E-state index contributed by atoms with van der Waals surface area (Å²) in [6.45, 7) is 2.08. The lowest BCUT2D eigenvalue weighted by molar-refractivity contribution is 0.0697. The van der Waals surface area contributed by atoms with Crippen molar-refractivity contribution in [2.24, 2.45) is 0 Å². The first kappa shape index (κ1) is 13.5. The van der Waals surface area contributed by atoms with E-state index < -0.39 is 5.97 Å². The largest absolute Gasteiger partial charge is 0.478 e. The quantitative estimate of drug-likeness (QED) is 0.779. The third-order valence-corrected chi connectivity index (χ3v) is 4.52. The summed E-state index contributed by atoms with van der Waals surface area (Å²) in [4.78, 5) is 25.1. The second-order valence-electron chi connectivity index (χ2n) is 4.59. The standard InChI is InChI=1S/C15H12N2O3S/c1-2-9-4-6-12(21-9)13-10-5-3-8(15(19)20)7-11(10)14(18)17-16-13/h3-7H,2H2,1H3,(H,17,18)(H,19,20). The van der Waals surface area contributed by atoms with Crippen molar-refractivity contribution in [1.29, 1.82) is 0 Å². The van der Waals surface area contributed by atoms with Crippen LogP contribution in [0.3, 0.4) is 0 Å². The number of fused-ring (bicyclic) bond motifs is 1. The summed E-state index contributed by atoms with van der Waals surface area (Å²) in [5.74, 6) is -1.06. The number of nitrogens with zero attached hydrogens (tertiary/aromatic N) is 1. The predicted octanol–water partition coefficient (Wildman–Crippen LogP) is 2.91. The zero-order valence-corrected chi connectivity index (χ0v) is 12.0. The first-order chi connectivity index (χ1) is 10.1. The molecule has 2 N–H and O–H groups in total.